The first kappa shape index (κ1) is 27.7. The van der Waals surface area contributed by atoms with Gasteiger partial charge < -0.3 is 9.64 Å². The number of nitriles is 1. The largest absolute Gasteiger partial charge is 0.481 e. The highest BCUT2D eigenvalue weighted by Crippen LogP contribution is 2.32. The topological polar surface area (TPSA) is 113 Å². The van der Waals surface area contributed by atoms with Gasteiger partial charge in [0.2, 0.25) is 5.88 Å². The van der Waals surface area contributed by atoms with E-state index in [0.29, 0.717) is 11.4 Å². The van der Waals surface area contributed by atoms with Crippen molar-refractivity contribution in [3.8, 4) is 34.3 Å². The van der Waals surface area contributed by atoms with Crippen LogP contribution in [0.5, 0.6) is 5.88 Å². The van der Waals surface area contributed by atoms with Gasteiger partial charge >= 0.3 is 0 Å². The maximum atomic E-state index is 9.73. The van der Waals surface area contributed by atoms with Gasteiger partial charge in [-0.05, 0) is 37.6 Å². The lowest BCUT2D eigenvalue weighted by Gasteiger charge is -2.35. The smallest absolute Gasteiger partial charge is 0.212 e. The van der Waals surface area contributed by atoms with Crippen molar-refractivity contribution in [2.24, 2.45) is 0 Å². The standard InChI is InChI=1S/C29H30N10O.CH4/c1-20(2)38-19-26(34-35-38)23-12-25(29-24(13-30)16-33-39(29)18-23)22-5-6-27(31-15-22)37-10-8-36(9-11-37)17-21-4-7-28(40-3)32-14-21;/h4-7,12,14-16,18-20H,8-11,17H2,1-3H3;1H4. The molecule has 6 rings (SSSR count). The minimum atomic E-state index is 0. The summed E-state index contributed by atoms with van der Waals surface area (Å²) in [6.07, 6.45) is 9.16. The van der Waals surface area contributed by atoms with E-state index in [2.05, 4.69) is 68.3 Å². The molecule has 1 saturated heterocycles. The molecule has 11 nitrogen and oxygen atoms in total. The van der Waals surface area contributed by atoms with Gasteiger partial charge in [0.15, 0.2) is 0 Å². The van der Waals surface area contributed by atoms with Crippen molar-refractivity contribution in [2.75, 3.05) is 38.2 Å². The average Bonchev–Trinajstić information content (AvgIpc) is 3.66. The predicted molar refractivity (Wildman–Crippen MR) is 158 cm³/mol. The van der Waals surface area contributed by atoms with E-state index in [4.69, 9.17) is 9.72 Å². The maximum absolute atomic E-state index is 9.73. The van der Waals surface area contributed by atoms with Crippen LogP contribution in [0, 0.1) is 11.3 Å². The Morgan fingerprint density at radius 2 is 1.80 bits per heavy atom. The number of rotatable bonds is 7. The zero-order chi connectivity index (χ0) is 27.6. The zero-order valence-corrected chi connectivity index (χ0v) is 22.8. The van der Waals surface area contributed by atoms with Crippen molar-refractivity contribution < 1.29 is 4.74 Å². The van der Waals surface area contributed by atoms with Crippen LogP contribution < -0.4 is 9.64 Å². The summed E-state index contributed by atoms with van der Waals surface area (Å²) in [6, 6.07) is 12.6. The van der Waals surface area contributed by atoms with Crippen LogP contribution in [0.25, 0.3) is 27.9 Å². The Morgan fingerprint density at radius 3 is 2.44 bits per heavy atom. The summed E-state index contributed by atoms with van der Waals surface area (Å²) in [7, 11) is 1.63. The minimum Gasteiger partial charge on any atom is -0.481 e. The first-order valence-corrected chi connectivity index (χ1v) is 13.3. The molecule has 0 unspecified atom stereocenters. The molecule has 0 aromatic carbocycles. The zero-order valence-electron chi connectivity index (χ0n) is 22.8. The second kappa shape index (κ2) is 11.7. The van der Waals surface area contributed by atoms with E-state index in [1.54, 1.807) is 17.8 Å². The van der Waals surface area contributed by atoms with E-state index in [9.17, 15) is 5.26 Å². The number of aromatic nitrogens is 7. The number of hydrogen-bond donors (Lipinski definition) is 0. The minimum absolute atomic E-state index is 0. The fourth-order valence-electron chi connectivity index (χ4n) is 4.98. The molecule has 1 aliphatic heterocycles. The lowest BCUT2D eigenvalue weighted by Crippen LogP contribution is -2.46. The molecular weight excluding hydrogens is 516 g/mol. The second-order valence-electron chi connectivity index (χ2n) is 10.2. The Labute approximate surface area is 239 Å². The van der Waals surface area contributed by atoms with Gasteiger partial charge in [-0.3, -0.25) is 4.90 Å². The maximum Gasteiger partial charge on any atom is 0.212 e. The third-order valence-corrected chi connectivity index (χ3v) is 7.24. The molecule has 210 valence electrons. The third kappa shape index (κ3) is 5.60. The van der Waals surface area contributed by atoms with Crippen LogP contribution in [0.4, 0.5) is 5.82 Å². The SMILES string of the molecule is C.COc1ccc(CN2CCN(c3ccc(-c4cc(-c5cn(C(C)C)nn5)cn5ncc(C#N)c45)cn3)CC2)cn1. The molecule has 1 fully saturated rings. The molecule has 5 aromatic heterocycles. The third-order valence-electron chi connectivity index (χ3n) is 7.24. The molecule has 0 bridgehead atoms. The van der Waals surface area contributed by atoms with Crippen molar-refractivity contribution in [2.45, 2.75) is 33.9 Å². The number of piperazine rings is 1. The Balaban J connectivity index is 0.00000337. The number of methoxy groups -OCH3 is 1. The summed E-state index contributed by atoms with van der Waals surface area (Å²) < 4.78 is 8.72. The van der Waals surface area contributed by atoms with E-state index < -0.39 is 0 Å². The average molecular weight is 551 g/mol. The summed E-state index contributed by atoms with van der Waals surface area (Å²) in [5.74, 6) is 1.57. The summed E-state index contributed by atoms with van der Waals surface area (Å²) in [5.41, 5.74) is 5.84. The highest BCUT2D eigenvalue weighted by atomic mass is 16.5. The van der Waals surface area contributed by atoms with Gasteiger partial charge in [-0.2, -0.15) is 10.4 Å². The molecule has 0 atom stereocenters. The molecule has 0 spiro atoms. The Kier molecular flexibility index (Phi) is 7.94. The van der Waals surface area contributed by atoms with Crippen molar-refractivity contribution in [3.05, 3.63) is 72.4 Å². The van der Waals surface area contributed by atoms with Gasteiger partial charge in [-0.15, -0.1) is 5.10 Å². The number of ether oxygens (including phenoxy) is 1. The molecule has 0 aliphatic carbocycles. The van der Waals surface area contributed by atoms with Crippen molar-refractivity contribution in [1.82, 2.24) is 39.5 Å². The number of hydrogen-bond acceptors (Lipinski definition) is 9. The summed E-state index contributed by atoms with van der Waals surface area (Å²) >= 11 is 0. The first-order valence-electron chi connectivity index (χ1n) is 13.3. The van der Waals surface area contributed by atoms with Crippen LogP contribution >= 0.6 is 0 Å². The molecule has 11 heteroatoms. The molecule has 5 aromatic rings. The number of fused-ring (bicyclic) bond motifs is 1. The Morgan fingerprint density at radius 1 is 0.976 bits per heavy atom. The fourth-order valence-corrected chi connectivity index (χ4v) is 4.98. The Hall–Kier alpha value is -4.82. The van der Waals surface area contributed by atoms with Crippen LogP contribution in [0.3, 0.4) is 0 Å². The number of nitrogens with zero attached hydrogens (tertiary/aromatic N) is 10. The molecule has 0 amide bonds. The van der Waals surface area contributed by atoms with Gasteiger partial charge in [0, 0.05) is 80.1 Å². The van der Waals surface area contributed by atoms with Crippen molar-refractivity contribution in [1.29, 1.82) is 5.26 Å². The highest BCUT2D eigenvalue weighted by Gasteiger charge is 2.20. The lowest BCUT2D eigenvalue weighted by molar-refractivity contribution is 0.249. The summed E-state index contributed by atoms with van der Waals surface area (Å²) in [4.78, 5) is 13.9. The molecule has 0 N–H and O–H groups in total. The van der Waals surface area contributed by atoms with Crippen LogP contribution in [-0.2, 0) is 6.54 Å². The van der Waals surface area contributed by atoms with E-state index in [1.165, 1.54) is 5.56 Å². The Bertz CT molecular complexity index is 1660. The van der Waals surface area contributed by atoms with E-state index in [-0.39, 0.29) is 13.5 Å². The van der Waals surface area contributed by atoms with Crippen LogP contribution in [0.1, 0.15) is 38.4 Å². The molecule has 0 saturated carbocycles. The van der Waals surface area contributed by atoms with Gasteiger partial charge in [0.1, 0.15) is 17.6 Å². The normalized spacial score (nSPS) is 13.8. The van der Waals surface area contributed by atoms with Gasteiger partial charge in [-0.1, -0.05) is 18.7 Å². The fraction of sp³-hybridized carbons (Fsp3) is 0.333. The van der Waals surface area contributed by atoms with Gasteiger partial charge in [0.25, 0.3) is 0 Å². The second-order valence-corrected chi connectivity index (χ2v) is 10.2. The monoisotopic (exact) mass is 550 g/mol. The van der Waals surface area contributed by atoms with Gasteiger partial charge in [-0.25, -0.2) is 19.2 Å². The quantitative estimate of drug-likeness (QED) is 0.290. The molecule has 6 heterocycles. The van der Waals surface area contributed by atoms with E-state index >= 15 is 0 Å². The lowest BCUT2D eigenvalue weighted by atomic mass is 10.0. The molecule has 0 radical (unpaired) electrons. The van der Waals surface area contributed by atoms with Gasteiger partial charge in [0.05, 0.1) is 30.6 Å². The predicted octanol–water partition coefficient (Wildman–Crippen LogP) is 4.47. The molecular formula is C30H34N10O. The number of pyridine rings is 3. The highest BCUT2D eigenvalue weighted by molar-refractivity contribution is 5.87. The van der Waals surface area contributed by atoms with Crippen molar-refractivity contribution >= 4 is 11.3 Å². The van der Waals surface area contributed by atoms with Crippen LogP contribution in [0.2, 0.25) is 0 Å². The molecule has 1 aliphatic rings. The van der Waals surface area contributed by atoms with Crippen LogP contribution in [-0.4, -0.2) is 72.8 Å². The van der Waals surface area contributed by atoms with Crippen LogP contribution in [0.15, 0.2) is 61.3 Å². The van der Waals surface area contributed by atoms with E-state index in [1.807, 2.05) is 41.6 Å². The number of anilines is 1. The summed E-state index contributed by atoms with van der Waals surface area (Å²) in [5, 5.41) is 22.8. The summed E-state index contributed by atoms with van der Waals surface area (Å²) in [6.45, 7) is 8.65. The van der Waals surface area contributed by atoms with E-state index in [0.717, 1.165) is 66.4 Å². The molecule has 41 heavy (non-hydrogen) atoms. The first-order chi connectivity index (χ1) is 19.5. The van der Waals surface area contributed by atoms with Crippen molar-refractivity contribution in [3.63, 3.8) is 0 Å².